The van der Waals surface area contributed by atoms with Crippen molar-refractivity contribution in [3.63, 3.8) is 0 Å². The standard InChI is InChI=1S/C25H35N3O6S2/c1-4-24(28(35(3,30)31)21-10-8-9-20(2)19-21)25(29)26-15-18-34-22-11-13-23(14-12-22)36(32,33)27-16-6-5-7-17-27/h8-14,19,24H,4-7,15-18H2,1-3H3,(H,26,29)/t24-/m1/s1. The third kappa shape index (κ3) is 6.98. The Balaban J connectivity index is 1.57. The molecule has 1 aliphatic rings. The fourth-order valence-corrected chi connectivity index (χ4v) is 6.97. The van der Waals surface area contributed by atoms with Gasteiger partial charge in [0.2, 0.25) is 26.0 Å². The van der Waals surface area contributed by atoms with Gasteiger partial charge >= 0.3 is 0 Å². The monoisotopic (exact) mass is 537 g/mol. The molecule has 1 aliphatic heterocycles. The van der Waals surface area contributed by atoms with Crippen molar-refractivity contribution in [1.29, 1.82) is 0 Å². The summed E-state index contributed by atoms with van der Waals surface area (Å²) in [5, 5.41) is 2.75. The normalized spacial score (nSPS) is 15.8. The smallest absolute Gasteiger partial charge is 0.244 e. The van der Waals surface area contributed by atoms with Gasteiger partial charge in [0, 0.05) is 13.1 Å². The first-order valence-electron chi connectivity index (χ1n) is 12.1. The van der Waals surface area contributed by atoms with E-state index in [-0.39, 0.29) is 18.0 Å². The maximum absolute atomic E-state index is 12.9. The van der Waals surface area contributed by atoms with E-state index in [1.54, 1.807) is 37.3 Å². The van der Waals surface area contributed by atoms with Crippen molar-refractivity contribution in [2.24, 2.45) is 0 Å². The summed E-state index contributed by atoms with van der Waals surface area (Å²) in [6.45, 7) is 5.00. The molecule has 0 saturated carbocycles. The lowest BCUT2D eigenvalue weighted by Crippen LogP contribution is -2.50. The molecule has 198 valence electrons. The highest BCUT2D eigenvalue weighted by molar-refractivity contribution is 7.92. The molecule has 9 nitrogen and oxygen atoms in total. The van der Waals surface area contributed by atoms with Crippen molar-refractivity contribution in [3.05, 3.63) is 54.1 Å². The van der Waals surface area contributed by atoms with Crippen molar-refractivity contribution in [2.45, 2.75) is 50.5 Å². The summed E-state index contributed by atoms with van der Waals surface area (Å²) in [5.41, 5.74) is 1.33. The maximum atomic E-state index is 12.9. The quantitative estimate of drug-likeness (QED) is 0.441. The number of sulfonamides is 2. The number of piperidine rings is 1. The molecule has 0 aliphatic carbocycles. The lowest BCUT2D eigenvalue weighted by atomic mass is 10.1. The molecular formula is C25H35N3O6S2. The number of aryl methyl sites for hydroxylation is 1. The number of hydrogen-bond donors (Lipinski definition) is 1. The highest BCUT2D eigenvalue weighted by atomic mass is 32.2. The van der Waals surface area contributed by atoms with Crippen LogP contribution in [0, 0.1) is 6.92 Å². The Morgan fingerprint density at radius 2 is 1.72 bits per heavy atom. The van der Waals surface area contributed by atoms with Crippen LogP contribution in [-0.2, 0) is 24.8 Å². The van der Waals surface area contributed by atoms with Gasteiger partial charge in [0.15, 0.2) is 0 Å². The van der Waals surface area contributed by atoms with Crippen LogP contribution in [0.4, 0.5) is 5.69 Å². The number of ether oxygens (including phenoxy) is 1. The first kappa shape index (κ1) is 27.9. The van der Waals surface area contributed by atoms with E-state index in [0.29, 0.717) is 30.9 Å². The van der Waals surface area contributed by atoms with E-state index in [0.717, 1.165) is 35.4 Å². The molecule has 1 atom stereocenters. The first-order valence-corrected chi connectivity index (χ1v) is 15.4. The topological polar surface area (TPSA) is 113 Å². The Hall–Kier alpha value is -2.63. The number of hydrogen-bond acceptors (Lipinski definition) is 6. The Labute approximate surface area is 214 Å². The Morgan fingerprint density at radius 1 is 1.06 bits per heavy atom. The minimum Gasteiger partial charge on any atom is -0.492 e. The van der Waals surface area contributed by atoms with E-state index in [4.69, 9.17) is 4.74 Å². The molecule has 1 saturated heterocycles. The molecule has 1 N–H and O–H groups in total. The van der Waals surface area contributed by atoms with Gasteiger partial charge in [-0.1, -0.05) is 25.5 Å². The van der Waals surface area contributed by atoms with Gasteiger partial charge in [-0.3, -0.25) is 9.10 Å². The van der Waals surface area contributed by atoms with Crippen LogP contribution in [0.5, 0.6) is 5.75 Å². The fraction of sp³-hybridized carbons (Fsp3) is 0.480. The van der Waals surface area contributed by atoms with E-state index >= 15 is 0 Å². The number of carbonyl (C=O) groups is 1. The van der Waals surface area contributed by atoms with Gasteiger partial charge in [-0.05, 0) is 68.1 Å². The van der Waals surface area contributed by atoms with Crippen LogP contribution in [0.15, 0.2) is 53.4 Å². The highest BCUT2D eigenvalue weighted by Gasteiger charge is 2.31. The third-order valence-electron chi connectivity index (χ3n) is 6.03. The molecule has 0 spiro atoms. The van der Waals surface area contributed by atoms with Crippen molar-refractivity contribution in [2.75, 3.05) is 36.8 Å². The number of rotatable bonds is 11. The highest BCUT2D eigenvalue weighted by Crippen LogP contribution is 2.24. The zero-order valence-electron chi connectivity index (χ0n) is 21.0. The first-order chi connectivity index (χ1) is 17.0. The number of nitrogens with one attached hydrogen (secondary N) is 1. The van der Waals surface area contributed by atoms with Gasteiger partial charge in [-0.15, -0.1) is 0 Å². The van der Waals surface area contributed by atoms with Gasteiger partial charge in [-0.25, -0.2) is 16.8 Å². The van der Waals surface area contributed by atoms with Crippen LogP contribution in [0.3, 0.4) is 0 Å². The van der Waals surface area contributed by atoms with Crippen molar-refractivity contribution < 1.29 is 26.4 Å². The summed E-state index contributed by atoms with van der Waals surface area (Å²) >= 11 is 0. The van der Waals surface area contributed by atoms with Gasteiger partial charge in [0.05, 0.1) is 23.4 Å². The molecular weight excluding hydrogens is 502 g/mol. The summed E-state index contributed by atoms with van der Waals surface area (Å²) in [6, 6.07) is 12.3. The third-order valence-corrected chi connectivity index (χ3v) is 9.13. The van der Waals surface area contributed by atoms with Crippen LogP contribution >= 0.6 is 0 Å². The lowest BCUT2D eigenvalue weighted by molar-refractivity contribution is -0.122. The van der Waals surface area contributed by atoms with Gasteiger partial charge in [-0.2, -0.15) is 4.31 Å². The molecule has 1 heterocycles. The molecule has 0 radical (unpaired) electrons. The average Bonchev–Trinajstić information content (AvgIpc) is 2.85. The Morgan fingerprint density at radius 3 is 2.31 bits per heavy atom. The maximum Gasteiger partial charge on any atom is 0.244 e. The van der Waals surface area contributed by atoms with Crippen molar-refractivity contribution >= 4 is 31.6 Å². The summed E-state index contributed by atoms with van der Waals surface area (Å²) in [6.07, 6.45) is 4.17. The molecule has 2 aromatic rings. The minimum absolute atomic E-state index is 0.143. The van der Waals surface area contributed by atoms with Crippen LogP contribution in [0.25, 0.3) is 0 Å². The second-order valence-electron chi connectivity index (χ2n) is 8.90. The second-order valence-corrected chi connectivity index (χ2v) is 12.7. The zero-order valence-corrected chi connectivity index (χ0v) is 22.6. The van der Waals surface area contributed by atoms with Crippen molar-refractivity contribution in [1.82, 2.24) is 9.62 Å². The molecule has 3 rings (SSSR count). The summed E-state index contributed by atoms with van der Waals surface area (Å²) < 4.78 is 58.9. The van der Waals surface area contributed by atoms with E-state index in [1.807, 2.05) is 13.0 Å². The van der Waals surface area contributed by atoms with Gasteiger partial charge in [0.25, 0.3) is 0 Å². The molecule has 0 bridgehead atoms. The van der Waals surface area contributed by atoms with E-state index < -0.39 is 32.0 Å². The number of anilines is 1. The Bertz CT molecular complexity index is 1240. The summed E-state index contributed by atoms with van der Waals surface area (Å²) in [4.78, 5) is 13.1. The minimum atomic E-state index is -3.70. The SMILES string of the molecule is CC[C@H](C(=O)NCCOc1ccc(S(=O)(=O)N2CCCCC2)cc1)N(c1cccc(C)c1)S(C)(=O)=O. The zero-order chi connectivity index (χ0) is 26.3. The number of nitrogens with zero attached hydrogens (tertiary/aromatic N) is 2. The fourth-order valence-electron chi connectivity index (χ4n) is 4.25. The lowest BCUT2D eigenvalue weighted by Gasteiger charge is -2.30. The molecule has 36 heavy (non-hydrogen) atoms. The van der Waals surface area contributed by atoms with Gasteiger partial charge in [0.1, 0.15) is 18.4 Å². The Kier molecular flexibility index (Phi) is 9.37. The summed E-state index contributed by atoms with van der Waals surface area (Å²) in [5.74, 6) is 0.0578. The predicted molar refractivity (Wildman–Crippen MR) is 140 cm³/mol. The van der Waals surface area contributed by atoms with E-state index in [9.17, 15) is 21.6 Å². The molecule has 0 unspecified atom stereocenters. The number of benzene rings is 2. The molecule has 1 fully saturated rings. The molecule has 11 heteroatoms. The largest absolute Gasteiger partial charge is 0.492 e. The summed E-state index contributed by atoms with van der Waals surface area (Å²) in [7, 11) is -7.21. The molecule has 1 amide bonds. The van der Waals surface area contributed by atoms with Crippen LogP contribution in [-0.4, -0.2) is 65.6 Å². The second kappa shape index (κ2) is 12.1. The molecule has 2 aromatic carbocycles. The van der Waals surface area contributed by atoms with E-state index in [2.05, 4.69) is 5.32 Å². The van der Waals surface area contributed by atoms with Crippen LogP contribution in [0.1, 0.15) is 38.2 Å². The van der Waals surface area contributed by atoms with E-state index in [1.165, 1.54) is 16.4 Å². The average molecular weight is 538 g/mol. The van der Waals surface area contributed by atoms with Crippen LogP contribution in [0.2, 0.25) is 0 Å². The molecule has 0 aromatic heterocycles. The predicted octanol–water partition coefficient (Wildman–Crippen LogP) is 2.91. The van der Waals surface area contributed by atoms with Crippen molar-refractivity contribution in [3.8, 4) is 5.75 Å². The van der Waals surface area contributed by atoms with Crippen LogP contribution < -0.4 is 14.4 Å². The number of carbonyl (C=O) groups excluding carboxylic acids is 1. The number of amides is 1. The van der Waals surface area contributed by atoms with Gasteiger partial charge < -0.3 is 10.1 Å².